The van der Waals surface area contributed by atoms with Crippen molar-refractivity contribution in [2.24, 2.45) is 5.73 Å². The van der Waals surface area contributed by atoms with Gasteiger partial charge in [0.05, 0.1) is 17.9 Å². The summed E-state index contributed by atoms with van der Waals surface area (Å²) in [4.78, 5) is 13.8. The van der Waals surface area contributed by atoms with E-state index < -0.39 is 0 Å². The second-order valence-corrected chi connectivity index (χ2v) is 4.94. The molecule has 0 radical (unpaired) electrons. The summed E-state index contributed by atoms with van der Waals surface area (Å²) in [5.41, 5.74) is 9.83. The number of nitrogens with zero attached hydrogens (tertiary/aromatic N) is 1. The van der Waals surface area contributed by atoms with Crippen LogP contribution in [0, 0.1) is 0 Å². The molecule has 0 saturated heterocycles. The van der Waals surface area contributed by atoms with Crippen molar-refractivity contribution >= 4 is 17.3 Å². The Kier molecular flexibility index (Phi) is 3.39. The number of hydrogen-bond acceptors (Lipinski definition) is 3. The number of rotatable bonds is 3. The van der Waals surface area contributed by atoms with Crippen molar-refractivity contribution in [2.75, 3.05) is 16.8 Å². The van der Waals surface area contributed by atoms with E-state index in [1.807, 2.05) is 36.4 Å². The molecule has 0 saturated carbocycles. The maximum Gasteiger partial charge on any atom is 0.243 e. The number of fused-ring (bicyclic) bond motifs is 1. The average Bonchev–Trinajstić information content (AvgIpc) is 2.48. The highest BCUT2D eigenvalue weighted by molar-refractivity contribution is 6.01. The molecule has 2 aromatic carbocycles. The van der Waals surface area contributed by atoms with Crippen LogP contribution in [0.2, 0.25) is 0 Å². The summed E-state index contributed by atoms with van der Waals surface area (Å²) < 4.78 is 0. The van der Waals surface area contributed by atoms with Crippen LogP contribution in [-0.4, -0.2) is 12.5 Å². The van der Waals surface area contributed by atoms with Gasteiger partial charge in [0.15, 0.2) is 0 Å². The molecule has 0 unspecified atom stereocenters. The molecule has 2 aromatic rings. The van der Waals surface area contributed by atoms with Gasteiger partial charge in [0.1, 0.15) is 0 Å². The highest BCUT2D eigenvalue weighted by Gasteiger charge is 2.21. The molecule has 20 heavy (non-hydrogen) atoms. The highest BCUT2D eigenvalue weighted by Crippen LogP contribution is 2.29. The largest absolute Gasteiger partial charge is 0.356 e. The third-order valence-corrected chi connectivity index (χ3v) is 3.49. The predicted octanol–water partition coefficient (Wildman–Crippen LogP) is 2.10. The van der Waals surface area contributed by atoms with E-state index in [0.717, 1.165) is 23.5 Å². The Morgan fingerprint density at radius 3 is 2.50 bits per heavy atom. The molecule has 0 aliphatic carbocycles. The molecule has 4 heteroatoms. The number of anilines is 2. The minimum absolute atomic E-state index is 0.0299. The van der Waals surface area contributed by atoms with Gasteiger partial charge in [0, 0.05) is 13.1 Å². The van der Waals surface area contributed by atoms with Crippen LogP contribution in [0.3, 0.4) is 0 Å². The maximum atomic E-state index is 11.8. The highest BCUT2D eigenvalue weighted by atomic mass is 16.2. The minimum Gasteiger partial charge on any atom is -0.356 e. The van der Waals surface area contributed by atoms with Crippen molar-refractivity contribution < 1.29 is 4.79 Å². The monoisotopic (exact) mass is 267 g/mol. The molecule has 1 amide bonds. The molecule has 3 rings (SSSR count). The zero-order valence-corrected chi connectivity index (χ0v) is 11.2. The van der Waals surface area contributed by atoms with Gasteiger partial charge < -0.3 is 16.0 Å². The average molecular weight is 267 g/mol. The Morgan fingerprint density at radius 2 is 1.75 bits per heavy atom. The molecule has 0 aromatic heterocycles. The van der Waals surface area contributed by atoms with E-state index in [1.54, 1.807) is 0 Å². The van der Waals surface area contributed by atoms with Gasteiger partial charge >= 0.3 is 0 Å². The van der Waals surface area contributed by atoms with Gasteiger partial charge in [0.2, 0.25) is 5.91 Å². The number of hydrogen-bond donors (Lipinski definition) is 2. The lowest BCUT2D eigenvalue weighted by Gasteiger charge is -2.30. The van der Waals surface area contributed by atoms with E-state index in [2.05, 4.69) is 22.3 Å². The topological polar surface area (TPSA) is 58.4 Å². The summed E-state index contributed by atoms with van der Waals surface area (Å²) >= 11 is 0. The minimum atomic E-state index is 0.0299. The van der Waals surface area contributed by atoms with Crippen LogP contribution in [0.4, 0.5) is 11.4 Å². The van der Waals surface area contributed by atoms with E-state index in [4.69, 9.17) is 5.73 Å². The van der Waals surface area contributed by atoms with E-state index in [-0.39, 0.29) is 5.91 Å². The molecule has 3 N–H and O–H groups in total. The van der Waals surface area contributed by atoms with Crippen LogP contribution in [0.15, 0.2) is 48.5 Å². The third kappa shape index (κ3) is 2.51. The van der Waals surface area contributed by atoms with Crippen molar-refractivity contribution in [3.8, 4) is 0 Å². The summed E-state index contributed by atoms with van der Waals surface area (Å²) in [6.45, 7) is 1.65. The van der Waals surface area contributed by atoms with Gasteiger partial charge in [-0.2, -0.15) is 0 Å². The van der Waals surface area contributed by atoms with Gasteiger partial charge in [-0.05, 0) is 23.3 Å². The van der Waals surface area contributed by atoms with Crippen molar-refractivity contribution in [1.82, 2.24) is 0 Å². The summed E-state index contributed by atoms with van der Waals surface area (Å²) in [5, 5.41) is 2.90. The van der Waals surface area contributed by atoms with Crippen LogP contribution in [0.25, 0.3) is 0 Å². The SMILES string of the molecule is NCc1ccc(CN2CC(=O)Nc3ccccc32)cc1. The van der Waals surface area contributed by atoms with Gasteiger partial charge in [-0.1, -0.05) is 36.4 Å². The normalized spacial score (nSPS) is 13.8. The quantitative estimate of drug-likeness (QED) is 0.895. The first kappa shape index (κ1) is 12.7. The zero-order valence-electron chi connectivity index (χ0n) is 11.2. The molecule has 0 atom stereocenters. The van der Waals surface area contributed by atoms with Crippen LogP contribution < -0.4 is 16.0 Å². The Hall–Kier alpha value is -2.33. The lowest BCUT2D eigenvalue weighted by molar-refractivity contribution is -0.115. The first-order valence-corrected chi connectivity index (χ1v) is 6.68. The molecule has 1 aliphatic rings. The van der Waals surface area contributed by atoms with E-state index in [0.29, 0.717) is 13.1 Å². The lowest BCUT2D eigenvalue weighted by atomic mass is 10.1. The van der Waals surface area contributed by atoms with Crippen molar-refractivity contribution in [3.63, 3.8) is 0 Å². The smallest absolute Gasteiger partial charge is 0.243 e. The number of carbonyl (C=O) groups excluding carboxylic acids is 1. The first-order chi connectivity index (χ1) is 9.76. The lowest BCUT2D eigenvalue weighted by Crippen LogP contribution is -2.37. The predicted molar refractivity (Wildman–Crippen MR) is 80.5 cm³/mol. The maximum absolute atomic E-state index is 11.8. The molecular weight excluding hydrogens is 250 g/mol. The van der Waals surface area contributed by atoms with Gasteiger partial charge in [-0.15, -0.1) is 0 Å². The number of nitrogens with one attached hydrogen (secondary N) is 1. The van der Waals surface area contributed by atoms with E-state index in [1.165, 1.54) is 5.56 Å². The molecular formula is C16H17N3O. The Bertz CT molecular complexity index is 622. The summed E-state index contributed by atoms with van der Waals surface area (Å²) in [6, 6.07) is 16.1. The van der Waals surface area contributed by atoms with Gasteiger partial charge in [-0.3, -0.25) is 4.79 Å². The second-order valence-electron chi connectivity index (χ2n) is 4.94. The van der Waals surface area contributed by atoms with Crippen LogP contribution in [0.1, 0.15) is 11.1 Å². The third-order valence-electron chi connectivity index (χ3n) is 3.49. The first-order valence-electron chi connectivity index (χ1n) is 6.68. The summed E-state index contributed by atoms with van der Waals surface area (Å²) in [5.74, 6) is 0.0299. The summed E-state index contributed by atoms with van der Waals surface area (Å²) in [7, 11) is 0. The Balaban J connectivity index is 1.85. The number of benzene rings is 2. The fourth-order valence-corrected chi connectivity index (χ4v) is 2.45. The number of para-hydroxylation sites is 2. The molecule has 0 spiro atoms. The zero-order chi connectivity index (χ0) is 13.9. The van der Waals surface area contributed by atoms with Crippen LogP contribution >= 0.6 is 0 Å². The molecule has 1 aliphatic heterocycles. The fourth-order valence-electron chi connectivity index (χ4n) is 2.45. The molecule has 1 heterocycles. The summed E-state index contributed by atoms with van der Waals surface area (Å²) in [6.07, 6.45) is 0. The van der Waals surface area contributed by atoms with E-state index >= 15 is 0 Å². The molecule has 0 bridgehead atoms. The number of carbonyl (C=O) groups is 1. The van der Waals surface area contributed by atoms with Crippen molar-refractivity contribution in [1.29, 1.82) is 0 Å². The molecule has 0 fully saturated rings. The van der Waals surface area contributed by atoms with Crippen molar-refractivity contribution in [3.05, 3.63) is 59.7 Å². The fraction of sp³-hybridized carbons (Fsp3) is 0.188. The second kappa shape index (κ2) is 5.35. The van der Waals surface area contributed by atoms with Crippen LogP contribution in [-0.2, 0) is 17.9 Å². The Morgan fingerprint density at radius 1 is 1.05 bits per heavy atom. The van der Waals surface area contributed by atoms with Crippen molar-refractivity contribution in [2.45, 2.75) is 13.1 Å². The molecule has 102 valence electrons. The van der Waals surface area contributed by atoms with Gasteiger partial charge in [0.25, 0.3) is 0 Å². The standard InChI is InChI=1S/C16H17N3O/c17-9-12-5-7-13(8-6-12)10-19-11-16(20)18-14-3-1-2-4-15(14)19/h1-8H,9-11,17H2,(H,18,20). The van der Waals surface area contributed by atoms with Crippen LogP contribution in [0.5, 0.6) is 0 Å². The number of amides is 1. The number of nitrogens with two attached hydrogens (primary N) is 1. The molecule has 4 nitrogen and oxygen atoms in total. The Labute approximate surface area is 118 Å². The van der Waals surface area contributed by atoms with Gasteiger partial charge in [-0.25, -0.2) is 0 Å². The van der Waals surface area contributed by atoms with E-state index in [9.17, 15) is 4.79 Å².